The quantitative estimate of drug-likeness (QED) is 0.00282. The molecule has 0 saturated heterocycles. The minimum absolute atomic E-state index is 0.00720. The Morgan fingerprint density at radius 1 is 0.496 bits per heavy atom. The van der Waals surface area contributed by atoms with Gasteiger partial charge in [0.15, 0.2) is 5.57 Å². The number of H-pyrrole nitrogens is 3. The molecule has 0 saturated carbocycles. The van der Waals surface area contributed by atoms with Gasteiger partial charge in [0.05, 0.1) is 117 Å². The normalized spacial score (nSPS) is 12.1. The van der Waals surface area contributed by atoms with Gasteiger partial charge in [0.25, 0.3) is 28.3 Å². The van der Waals surface area contributed by atoms with Gasteiger partial charge in [-0.1, -0.05) is 69.2 Å². The third-order valence-corrected chi connectivity index (χ3v) is 16.0. The lowest BCUT2D eigenvalue weighted by Crippen LogP contribution is -2.48. The van der Waals surface area contributed by atoms with Crippen LogP contribution < -0.4 is 59.5 Å². The van der Waals surface area contributed by atoms with Crippen molar-refractivity contribution in [2.24, 2.45) is 41.1 Å². The molecular weight excluding hydrogens is 1850 g/mol. The monoisotopic (exact) mass is 2010 g/mol. The number of ether oxygens (including phenoxy) is 14. The van der Waals surface area contributed by atoms with Crippen molar-refractivity contribution in [3.8, 4) is 23.9 Å². The van der Waals surface area contributed by atoms with Crippen LogP contribution in [0.4, 0.5) is 29.7 Å². The SMILES string of the molecule is CC(C)C(NC(=O)OC(C)(C)C)C(=N)N.CC(C)C(NC(=O)OC(C)(C)C)C(=N)N.CC(C)C(NC(=O)OC(C)(C)C)c1nc(O)cc(=O)[nH]1.CCOC(C)(OCC)OCC.CCOC(C)=C(C#N)C(=O)OC.COC(=O)CC#N.COC(=O)CC(=O)OC.COS(=O)(=O)OC.COc1cc(=O)[nH]c(C(NC(=O)OC(C)(C)C)C(C)C)n1.[C-]#[N+]c1c(C)nc(C(NC(=O)OC(C)(C)C)C(C)C)[nH]c1=O. The maximum absolute atomic E-state index is 11.9. The maximum Gasteiger partial charge on any atom is 0.408 e. The van der Waals surface area contributed by atoms with Crippen LogP contribution in [0.15, 0.2) is 37.8 Å². The number of esters is 4. The minimum Gasteiger partial charge on any atom is -0.497 e. The molecular formula is C89H156N18O31S. The van der Waals surface area contributed by atoms with Crippen molar-refractivity contribution in [3.63, 3.8) is 0 Å². The molecule has 0 fully saturated rings. The van der Waals surface area contributed by atoms with E-state index in [1.807, 2.05) is 90.0 Å². The van der Waals surface area contributed by atoms with Crippen LogP contribution in [-0.2, 0) is 99.5 Å². The fourth-order valence-electron chi connectivity index (χ4n) is 9.27. The first kappa shape index (κ1) is 139. The van der Waals surface area contributed by atoms with E-state index in [2.05, 4.69) is 88.6 Å². The number of nitrogens with one attached hydrogen (secondary N) is 10. The number of allylic oxidation sites excluding steroid dienone is 1. The zero-order valence-corrected chi connectivity index (χ0v) is 88.9. The van der Waals surface area contributed by atoms with E-state index < -0.39 is 140 Å². The molecule has 139 heavy (non-hydrogen) atoms. The van der Waals surface area contributed by atoms with Crippen LogP contribution in [0.5, 0.6) is 11.8 Å². The van der Waals surface area contributed by atoms with Crippen molar-refractivity contribution in [2.45, 2.75) is 299 Å². The van der Waals surface area contributed by atoms with Gasteiger partial charge in [-0.05, 0) is 175 Å². The average Bonchev–Trinajstić information content (AvgIpc) is 0.818. The smallest absolute Gasteiger partial charge is 0.408 e. The number of aromatic amines is 3. The maximum atomic E-state index is 11.9. The van der Waals surface area contributed by atoms with E-state index in [0.717, 1.165) is 20.3 Å². The fraction of sp³-hybridized carbons (Fsp3) is 0.685. The Bertz CT molecular complexity index is 4630. The van der Waals surface area contributed by atoms with Crippen LogP contribution in [-0.4, -0.2) is 232 Å². The standard InChI is InChI=1S/C15H22N4O3.C14H23N3O4.C13H21N3O4.2C10H21N3O2.C8H11NO3.C8H18O3.C5H8O4.C4H5NO2.C2H6O4S/c1-8(2)10(18-14(21)22-15(4,5)6)12-17-9(3)11(16-7)13(20)19-12;1-8(2)11(17-13(19)21-14(3,4)5)12-15-9(18)7-10(16-12)20-6;1-7(2)10(16-12(19)20-13(3,4)5)11-14-8(17)6-9(18)15-11;2*1-6(2)7(8(11)12)13-9(14)15-10(3,4)5;1-4-12-6(2)7(5-9)8(10)11-3;1-5-9-8(4,10-6-2)11-7-3;1-8-4(6)3-5(7)9-2;1-7-4(6)2-3-5;1-5-7(3,4)6-2/h8,10H,1-6H3,(H,18,21)(H,17,19,20);7-8,11H,1-6H3,(H,17,19)(H,15,16,18);6-7,10H,1-5H3,(H,16,19)(H2,14,15,17,18);2*6-7H,1-5H3,(H3,11,12)(H,13,14);4H2,1-3H3;5-7H2,1-4H3;3H2,1-2H3;2H2,1H3;1-2H3. The van der Waals surface area contributed by atoms with Crippen LogP contribution in [0.3, 0.4) is 0 Å². The molecule has 0 aliphatic heterocycles. The number of amides is 5. The summed E-state index contributed by atoms with van der Waals surface area (Å²) in [4.78, 5) is 158. The summed E-state index contributed by atoms with van der Waals surface area (Å²) in [5, 5.41) is 53.5. The van der Waals surface area contributed by atoms with Gasteiger partial charge in [0.2, 0.25) is 11.8 Å². The molecule has 794 valence electrons. The van der Waals surface area contributed by atoms with E-state index in [9.17, 15) is 71.1 Å². The van der Waals surface area contributed by atoms with Gasteiger partial charge in [-0.15, -0.1) is 0 Å². The lowest BCUT2D eigenvalue weighted by Gasteiger charge is -2.27. The lowest BCUT2D eigenvalue weighted by atomic mass is 10.0. The Morgan fingerprint density at radius 3 is 1.04 bits per heavy atom. The number of amidine groups is 2. The number of nitriles is 2. The van der Waals surface area contributed by atoms with Crippen molar-refractivity contribution >= 4 is 82.1 Å². The molecule has 49 nitrogen and oxygen atoms in total. The van der Waals surface area contributed by atoms with Crippen molar-refractivity contribution in [1.29, 1.82) is 21.3 Å². The summed E-state index contributed by atoms with van der Waals surface area (Å²) >= 11 is 0. The molecule has 5 atom stereocenters. The Labute approximate surface area is 816 Å². The highest BCUT2D eigenvalue weighted by Gasteiger charge is 2.31. The second-order valence-electron chi connectivity index (χ2n) is 35.0. The van der Waals surface area contributed by atoms with Gasteiger partial charge < -0.3 is 124 Å². The summed E-state index contributed by atoms with van der Waals surface area (Å²) in [6.45, 7) is 67.0. The first-order chi connectivity index (χ1) is 63.5. The summed E-state index contributed by atoms with van der Waals surface area (Å²) in [6, 6.07) is 3.07. The van der Waals surface area contributed by atoms with Crippen LogP contribution in [0.25, 0.3) is 4.85 Å². The highest BCUT2D eigenvalue weighted by molar-refractivity contribution is 7.81. The third-order valence-electron chi connectivity index (χ3n) is 15.2. The largest absolute Gasteiger partial charge is 0.497 e. The predicted molar refractivity (Wildman–Crippen MR) is 514 cm³/mol. The van der Waals surface area contributed by atoms with Crippen molar-refractivity contribution in [3.05, 3.63) is 89.1 Å². The molecule has 5 unspecified atom stereocenters. The van der Waals surface area contributed by atoms with Gasteiger partial charge in [-0.2, -0.15) is 28.9 Å². The third kappa shape index (κ3) is 72.2. The second-order valence-corrected chi connectivity index (χ2v) is 36.5. The molecule has 3 heterocycles. The molecule has 5 amide bonds. The van der Waals surface area contributed by atoms with Crippen molar-refractivity contribution < 1.29 is 131 Å². The Kier molecular flexibility index (Phi) is 70.0. The number of hydrogen-bond donors (Lipinski definition) is 13. The molecule has 0 radical (unpaired) electrons. The number of carbonyl (C=O) groups is 9. The van der Waals surface area contributed by atoms with Gasteiger partial charge in [-0.25, -0.2) is 38.6 Å². The number of carbonyl (C=O) groups excluding carboxylic acids is 9. The van der Waals surface area contributed by atoms with Crippen LogP contribution >= 0.6 is 0 Å². The topological polar surface area (TPSA) is 705 Å². The number of aryl methyl sites for hydroxylation is 1. The molecule has 50 heteroatoms. The summed E-state index contributed by atoms with van der Waals surface area (Å²) in [6.07, 6.45) is -3.31. The zero-order valence-electron chi connectivity index (χ0n) is 88.1. The van der Waals surface area contributed by atoms with Crippen LogP contribution in [0.2, 0.25) is 0 Å². The van der Waals surface area contributed by atoms with E-state index in [1.54, 1.807) is 144 Å². The molecule has 3 rings (SSSR count). The van der Waals surface area contributed by atoms with Crippen LogP contribution in [0.1, 0.15) is 269 Å². The first-order valence-electron chi connectivity index (χ1n) is 43.3. The van der Waals surface area contributed by atoms with Crippen LogP contribution in [0, 0.1) is 76.6 Å². The average molecular weight is 2010 g/mol. The first-order valence-corrected chi connectivity index (χ1v) is 44.6. The number of aromatic hydroxyl groups is 1. The number of aromatic nitrogens is 6. The molecule has 3 aromatic rings. The molecule has 0 aromatic carbocycles. The molecule has 0 aliphatic rings. The fourth-order valence-corrected chi connectivity index (χ4v) is 9.40. The van der Waals surface area contributed by atoms with E-state index in [-0.39, 0.29) is 88.5 Å². The summed E-state index contributed by atoms with van der Waals surface area (Å²) in [7, 11) is 4.72. The number of alkyl carbamates (subject to hydrolysis) is 5. The summed E-state index contributed by atoms with van der Waals surface area (Å²) in [5.74, 6) is -2.26. The molecule has 3 aromatic heterocycles. The van der Waals surface area contributed by atoms with Gasteiger partial charge in [0, 0.05) is 26.7 Å². The summed E-state index contributed by atoms with van der Waals surface area (Å²) < 4.78 is 95.9. The predicted octanol–water partition coefficient (Wildman–Crippen LogP) is 11.6. The second kappa shape index (κ2) is 69.9. The molecule has 0 spiro atoms. The lowest BCUT2D eigenvalue weighted by molar-refractivity contribution is -0.365. The molecule has 15 N–H and O–H groups in total. The summed E-state index contributed by atoms with van der Waals surface area (Å²) in [5.41, 5.74) is 6.70. The van der Waals surface area contributed by atoms with Crippen molar-refractivity contribution in [2.75, 3.05) is 76.2 Å². The zero-order chi connectivity index (χ0) is 110. The van der Waals surface area contributed by atoms with Gasteiger partial charge in [-0.3, -0.25) is 48.0 Å². The minimum atomic E-state index is -3.66. The number of hydrogen-bond acceptors (Lipinski definition) is 38. The Balaban J connectivity index is -0.000000284. The van der Waals surface area contributed by atoms with Gasteiger partial charge >= 0.3 is 64.7 Å². The number of nitrogens with zero attached hydrogens (tertiary/aromatic N) is 6. The van der Waals surface area contributed by atoms with E-state index in [4.69, 9.17) is 86.8 Å². The number of rotatable bonds is 30. The van der Waals surface area contributed by atoms with Gasteiger partial charge in [0.1, 0.15) is 81.8 Å². The number of methoxy groups -OCH3 is 5. The molecule has 0 aliphatic carbocycles. The van der Waals surface area contributed by atoms with Crippen molar-refractivity contribution in [1.82, 2.24) is 56.5 Å². The van der Waals surface area contributed by atoms with E-state index in [0.29, 0.717) is 49.5 Å². The Hall–Kier alpha value is -12.8. The molecule has 0 bridgehead atoms. The highest BCUT2D eigenvalue weighted by Crippen LogP contribution is 2.25. The Morgan fingerprint density at radius 2 is 0.813 bits per heavy atom. The number of nitrogens with two attached hydrogens (primary N) is 2. The van der Waals surface area contributed by atoms with E-state index in [1.165, 1.54) is 41.6 Å². The highest BCUT2D eigenvalue weighted by atomic mass is 32.3. The van der Waals surface area contributed by atoms with E-state index >= 15 is 0 Å².